The molecule has 3 rings (SSSR count). The van der Waals surface area contributed by atoms with Gasteiger partial charge >= 0.3 is 0 Å². The predicted molar refractivity (Wildman–Crippen MR) is 69.3 cm³/mol. The lowest BCUT2D eigenvalue weighted by Crippen LogP contribution is -2.25. The van der Waals surface area contributed by atoms with Crippen molar-refractivity contribution in [2.75, 3.05) is 6.61 Å². The Balaban J connectivity index is 1.58. The van der Waals surface area contributed by atoms with Gasteiger partial charge in [0.25, 0.3) is 0 Å². The SMILES string of the molecule is CC1CCC(NCc2ccc3c(c2)CCO3)C1. The summed E-state index contributed by atoms with van der Waals surface area (Å²) in [5, 5.41) is 3.68. The Morgan fingerprint density at radius 2 is 2.29 bits per heavy atom. The van der Waals surface area contributed by atoms with Gasteiger partial charge in [-0.1, -0.05) is 19.1 Å². The second kappa shape index (κ2) is 4.69. The minimum absolute atomic E-state index is 0.731. The fourth-order valence-corrected chi connectivity index (χ4v) is 3.00. The fourth-order valence-electron chi connectivity index (χ4n) is 3.00. The highest BCUT2D eigenvalue weighted by Gasteiger charge is 2.20. The van der Waals surface area contributed by atoms with Gasteiger partial charge in [-0.25, -0.2) is 0 Å². The standard InChI is InChI=1S/C15H21NO/c1-11-2-4-14(8-11)16-10-12-3-5-15-13(9-12)6-7-17-15/h3,5,9,11,14,16H,2,4,6-8,10H2,1H3. The second-order valence-corrected chi connectivity index (χ2v) is 5.54. The number of hydrogen-bond acceptors (Lipinski definition) is 2. The summed E-state index contributed by atoms with van der Waals surface area (Å²) in [6.07, 6.45) is 5.14. The molecule has 0 aromatic heterocycles. The van der Waals surface area contributed by atoms with Crippen LogP contribution in [0.1, 0.15) is 37.3 Å². The molecule has 1 fully saturated rings. The van der Waals surface area contributed by atoms with Crippen molar-refractivity contribution in [2.24, 2.45) is 5.92 Å². The van der Waals surface area contributed by atoms with Crippen molar-refractivity contribution in [1.82, 2.24) is 5.32 Å². The molecule has 2 nitrogen and oxygen atoms in total. The first-order valence-corrected chi connectivity index (χ1v) is 6.79. The Hall–Kier alpha value is -1.02. The van der Waals surface area contributed by atoms with E-state index in [1.807, 2.05) is 0 Å². The zero-order valence-electron chi connectivity index (χ0n) is 10.5. The first-order chi connectivity index (χ1) is 8.31. The van der Waals surface area contributed by atoms with Crippen LogP contribution in [-0.4, -0.2) is 12.6 Å². The lowest BCUT2D eigenvalue weighted by molar-refractivity contribution is 0.357. The summed E-state index contributed by atoms with van der Waals surface area (Å²) >= 11 is 0. The van der Waals surface area contributed by atoms with Crippen molar-refractivity contribution in [3.63, 3.8) is 0 Å². The van der Waals surface area contributed by atoms with Crippen LogP contribution in [0.25, 0.3) is 0 Å². The van der Waals surface area contributed by atoms with E-state index in [9.17, 15) is 0 Å². The van der Waals surface area contributed by atoms with E-state index in [2.05, 4.69) is 30.4 Å². The van der Waals surface area contributed by atoms with Crippen molar-refractivity contribution in [2.45, 2.75) is 45.2 Å². The van der Waals surface area contributed by atoms with Crippen molar-refractivity contribution in [3.05, 3.63) is 29.3 Å². The molecular weight excluding hydrogens is 210 g/mol. The first kappa shape index (κ1) is 11.1. The molecule has 92 valence electrons. The van der Waals surface area contributed by atoms with Gasteiger partial charge in [-0.05, 0) is 42.4 Å². The third-order valence-corrected chi connectivity index (χ3v) is 4.04. The van der Waals surface area contributed by atoms with Gasteiger partial charge in [0.05, 0.1) is 6.61 Å². The molecule has 1 heterocycles. The van der Waals surface area contributed by atoms with E-state index < -0.39 is 0 Å². The molecule has 2 heteroatoms. The molecule has 2 aliphatic rings. The van der Waals surface area contributed by atoms with E-state index in [1.54, 1.807) is 0 Å². The molecule has 1 aliphatic carbocycles. The van der Waals surface area contributed by atoms with Gasteiger partial charge in [-0.15, -0.1) is 0 Å². The largest absolute Gasteiger partial charge is 0.493 e. The average molecular weight is 231 g/mol. The number of rotatable bonds is 3. The number of benzene rings is 1. The van der Waals surface area contributed by atoms with Crippen LogP contribution in [0.3, 0.4) is 0 Å². The molecule has 0 amide bonds. The summed E-state index contributed by atoms with van der Waals surface area (Å²) in [4.78, 5) is 0. The molecule has 1 aromatic carbocycles. The third-order valence-electron chi connectivity index (χ3n) is 4.04. The normalized spacial score (nSPS) is 26.9. The van der Waals surface area contributed by atoms with Gasteiger partial charge < -0.3 is 10.1 Å². The van der Waals surface area contributed by atoms with E-state index in [0.29, 0.717) is 0 Å². The fraction of sp³-hybridized carbons (Fsp3) is 0.600. The quantitative estimate of drug-likeness (QED) is 0.863. The molecule has 1 saturated carbocycles. The molecule has 17 heavy (non-hydrogen) atoms. The zero-order valence-corrected chi connectivity index (χ0v) is 10.5. The van der Waals surface area contributed by atoms with Crippen LogP contribution in [0.5, 0.6) is 5.75 Å². The monoisotopic (exact) mass is 231 g/mol. The van der Waals surface area contributed by atoms with Crippen molar-refractivity contribution < 1.29 is 4.74 Å². The van der Waals surface area contributed by atoms with Crippen molar-refractivity contribution >= 4 is 0 Å². The van der Waals surface area contributed by atoms with E-state index in [-0.39, 0.29) is 0 Å². The highest BCUT2D eigenvalue weighted by molar-refractivity contribution is 5.39. The molecular formula is C15H21NO. The van der Waals surface area contributed by atoms with E-state index in [0.717, 1.165) is 37.3 Å². The lowest BCUT2D eigenvalue weighted by atomic mass is 10.1. The summed E-state index contributed by atoms with van der Waals surface area (Å²) in [6, 6.07) is 7.34. The van der Waals surface area contributed by atoms with Gasteiger partial charge in [0.1, 0.15) is 5.75 Å². The van der Waals surface area contributed by atoms with Crippen LogP contribution in [0.2, 0.25) is 0 Å². The zero-order chi connectivity index (χ0) is 11.7. The van der Waals surface area contributed by atoms with Crippen LogP contribution in [0.4, 0.5) is 0 Å². The van der Waals surface area contributed by atoms with Crippen LogP contribution in [-0.2, 0) is 13.0 Å². The van der Waals surface area contributed by atoms with Gasteiger partial charge in [-0.2, -0.15) is 0 Å². The van der Waals surface area contributed by atoms with E-state index in [4.69, 9.17) is 4.74 Å². The minimum atomic E-state index is 0.731. The maximum atomic E-state index is 5.53. The molecule has 0 spiro atoms. The number of nitrogens with one attached hydrogen (secondary N) is 1. The van der Waals surface area contributed by atoms with Gasteiger partial charge in [0.2, 0.25) is 0 Å². The van der Waals surface area contributed by atoms with Crippen LogP contribution in [0.15, 0.2) is 18.2 Å². The Morgan fingerprint density at radius 3 is 3.12 bits per heavy atom. The van der Waals surface area contributed by atoms with E-state index in [1.165, 1.54) is 30.4 Å². The Labute approximate surface area is 103 Å². The Morgan fingerprint density at radius 1 is 1.35 bits per heavy atom. The molecule has 0 saturated heterocycles. The molecule has 1 N–H and O–H groups in total. The van der Waals surface area contributed by atoms with Gasteiger partial charge in [-0.3, -0.25) is 0 Å². The Bertz CT molecular complexity index is 402. The van der Waals surface area contributed by atoms with Gasteiger partial charge in [0, 0.05) is 19.0 Å². The number of fused-ring (bicyclic) bond motifs is 1. The number of hydrogen-bond donors (Lipinski definition) is 1. The third kappa shape index (κ3) is 2.47. The molecule has 1 aromatic rings. The topological polar surface area (TPSA) is 21.3 Å². The molecule has 1 aliphatic heterocycles. The molecule has 2 unspecified atom stereocenters. The van der Waals surface area contributed by atoms with Crippen LogP contribution in [0, 0.1) is 5.92 Å². The number of ether oxygens (including phenoxy) is 1. The van der Waals surface area contributed by atoms with Crippen LogP contribution < -0.4 is 10.1 Å². The summed E-state index contributed by atoms with van der Waals surface area (Å²) in [5.74, 6) is 1.99. The second-order valence-electron chi connectivity index (χ2n) is 5.54. The molecule has 0 bridgehead atoms. The highest BCUT2D eigenvalue weighted by Crippen LogP contribution is 2.27. The average Bonchev–Trinajstić information content (AvgIpc) is 2.94. The maximum absolute atomic E-state index is 5.53. The summed E-state index contributed by atoms with van der Waals surface area (Å²) < 4.78 is 5.53. The highest BCUT2D eigenvalue weighted by atomic mass is 16.5. The summed E-state index contributed by atoms with van der Waals surface area (Å²) in [7, 11) is 0. The summed E-state index contributed by atoms with van der Waals surface area (Å²) in [5.41, 5.74) is 2.78. The first-order valence-electron chi connectivity index (χ1n) is 6.79. The Kier molecular flexibility index (Phi) is 3.06. The predicted octanol–water partition coefficient (Wildman–Crippen LogP) is 2.90. The van der Waals surface area contributed by atoms with Crippen molar-refractivity contribution in [3.8, 4) is 5.75 Å². The molecule has 0 radical (unpaired) electrons. The van der Waals surface area contributed by atoms with Crippen molar-refractivity contribution in [1.29, 1.82) is 0 Å². The summed E-state index contributed by atoms with van der Waals surface area (Å²) in [6.45, 7) is 4.21. The van der Waals surface area contributed by atoms with Gasteiger partial charge in [0.15, 0.2) is 0 Å². The van der Waals surface area contributed by atoms with E-state index >= 15 is 0 Å². The smallest absolute Gasteiger partial charge is 0.122 e. The maximum Gasteiger partial charge on any atom is 0.122 e. The van der Waals surface area contributed by atoms with Crippen LogP contribution >= 0.6 is 0 Å². The molecule has 2 atom stereocenters. The lowest BCUT2D eigenvalue weighted by Gasteiger charge is -2.12. The minimum Gasteiger partial charge on any atom is -0.493 e.